The molecule has 6 heteroatoms. The lowest BCUT2D eigenvalue weighted by Gasteiger charge is -2.11. The zero-order valence-electron chi connectivity index (χ0n) is 8.62. The topological polar surface area (TPSA) is 91.7 Å². The highest BCUT2D eigenvalue weighted by Crippen LogP contribution is 2.20. The summed E-state index contributed by atoms with van der Waals surface area (Å²) in [6.07, 6.45) is -0.00145. The van der Waals surface area contributed by atoms with E-state index in [1.54, 1.807) is 0 Å². The van der Waals surface area contributed by atoms with E-state index in [-0.39, 0.29) is 17.1 Å². The SMILES string of the molecule is CCC(C(=O)O)S(=O)(=O)c1ccc(O)cc1. The van der Waals surface area contributed by atoms with Crippen LogP contribution in [-0.4, -0.2) is 29.9 Å². The van der Waals surface area contributed by atoms with Gasteiger partial charge in [-0.1, -0.05) is 6.92 Å². The summed E-state index contributed by atoms with van der Waals surface area (Å²) in [5.41, 5.74) is 0. The van der Waals surface area contributed by atoms with E-state index in [0.29, 0.717) is 0 Å². The quantitative estimate of drug-likeness (QED) is 0.825. The number of benzene rings is 1. The molecule has 0 heterocycles. The van der Waals surface area contributed by atoms with Gasteiger partial charge in [0.25, 0.3) is 0 Å². The average molecular weight is 244 g/mol. The van der Waals surface area contributed by atoms with Crippen LogP contribution in [0.2, 0.25) is 0 Å². The van der Waals surface area contributed by atoms with E-state index in [0.717, 1.165) is 0 Å². The first kappa shape index (κ1) is 12.5. The Hall–Kier alpha value is -1.56. The Bertz CT molecular complexity index is 474. The summed E-state index contributed by atoms with van der Waals surface area (Å²) in [6.45, 7) is 1.50. The van der Waals surface area contributed by atoms with Crippen LogP contribution in [-0.2, 0) is 14.6 Å². The standard InChI is InChI=1S/C10H12O5S/c1-2-9(10(12)13)16(14,15)8-5-3-7(11)4-6-8/h3-6,9,11H,2H2,1H3,(H,12,13). The lowest BCUT2D eigenvalue weighted by molar-refractivity contribution is -0.136. The van der Waals surface area contributed by atoms with E-state index < -0.39 is 21.1 Å². The van der Waals surface area contributed by atoms with Crippen LogP contribution in [0.15, 0.2) is 29.2 Å². The molecule has 0 aliphatic carbocycles. The second-order valence-electron chi connectivity index (χ2n) is 3.27. The molecule has 1 atom stereocenters. The fraction of sp³-hybridized carbons (Fsp3) is 0.300. The second kappa shape index (κ2) is 4.52. The molecule has 0 saturated carbocycles. The van der Waals surface area contributed by atoms with Crippen LogP contribution in [0.4, 0.5) is 0 Å². The zero-order valence-corrected chi connectivity index (χ0v) is 9.44. The Morgan fingerprint density at radius 2 is 1.81 bits per heavy atom. The van der Waals surface area contributed by atoms with Crippen molar-refractivity contribution in [1.29, 1.82) is 0 Å². The summed E-state index contributed by atoms with van der Waals surface area (Å²) in [4.78, 5) is 10.7. The first-order chi connectivity index (χ1) is 7.39. The number of sulfone groups is 1. The van der Waals surface area contributed by atoms with Gasteiger partial charge in [-0.25, -0.2) is 8.42 Å². The normalized spacial score (nSPS) is 13.3. The highest BCUT2D eigenvalue weighted by atomic mass is 32.2. The van der Waals surface area contributed by atoms with Gasteiger partial charge in [0, 0.05) is 0 Å². The fourth-order valence-electron chi connectivity index (χ4n) is 1.33. The molecule has 1 aromatic rings. The lowest BCUT2D eigenvalue weighted by atomic mass is 10.3. The molecule has 0 bridgehead atoms. The fourth-order valence-corrected chi connectivity index (χ4v) is 2.88. The molecule has 0 fully saturated rings. The molecule has 1 unspecified atom stereocenters. The largest absolute Gasteiger partial charge is 0.508 e. The maximum Gasteiger partial charge on any atom is 0.322 e. The van der Waals surface area contributed by atoms with Crippen molar-refractivity contribution in [3.05, 3.63) is 24.3 Å². The van der Waals surface area contributed by atoms with Crippen molar-refractivity contribution in [3.8, 4) is 5.75 Å². The van der Waals surface area contributed by atoms with Crippen LogP contribution in [0, 0.1) is 0 Å². The van der Waals surface area contributed by atoms with Gasteiger partial charge in [0.15, 0.2) is 15.1 Å². The summed E-state index contributed by atoms with van der Waals surface area (Å²) < 4.78 is 23.7. The first-order valence-corrected chi connectivity index (χ1v) is 6.20. The number of rotatable bonds is 4. The Kier molecular flexibility index (Phi) is 3.54. The summed E-state index contributed by atoms with van der Waals surface area (Å²) >= 11 is 0. The predicted octanol–water partition coefficient (Wildman–Crippen LogP) is 1.03. The van der Waals surface area contributed by atoms with Gasteiger partial charge >= 0.3 is 5.97 Å². The zero-order chi connectivity index (χ0) is 12.3. The van der Waals surface area contributed by atoms with E-state index in [1.165, 1.54) is 31.2 Å². The molecule has 5 nitrogen and oxygen atoms in total. The number of aliphatic carboxylic acids is 1. The smallest absolute Gasteiger partial charge is 0.322 e. The van der Waals surface area contributed by atoms with Gasteiger partial charge in [-0.3, -0.25) is 4.79 Å². The van der Waals surface area contributed by atoms with Crippen molar-refractivity contribution >= 4 is 15.8 Å². The van der Waals surface area contributed by atoms with Gasteiger partial charge in [-0.05, 0) is 30.7 Å². The average Bonchev–Trinajstić information content (AvgIpc) is 2.18. The summed E-state index contributed by atoms with van der Waals surface area (Å²) in [7, 11) is -3.88. The minimum atomic E-state index is -3.88. The third-order valence-electron chi connectivity index (χ3n) is 2.19. The molecule has 1 rings (SSSR count). The van der Waals surface area contributed by atoms with Crippen molar-refractivity contribution in [2.24, 2.45) is 0 Å². The number of hydrogen-bond acceptors (Lipinski definition) is 4. The number of carbonyl (C=O) groups is 1. The van der Waals surface area contributed by atoms with Crippen LogP contribution < -0.4 is 0 Å². The molecular formula is C10H12O5S. The van der Waals surface area contributed by atoms with Gasteiger partial charge in [-0.15, -0.1) is 0 Å². The molecule has 88 valence electrons. The van der Waals surface area contributed by atoms with Gasteiger partial charge in [-0.2, -0.15) is 0 Å². The molecule has 0 aromatic heterocycles. The summed E-state index contributed by atoms with van der Waals surface area (Å²) in [6, 6.07) is 4.80. The van der Waals surface area contributed by atoms with Crippen molar-refractivity contribution in [2.45, 2.75) is 23.5 Å². The van der Waals surface area contributed by atoms with E-state index in [2.05, 4.69) is 0 Å². The van der Waals surface area contributed by atoms with E-state index in [1.807, 2.05) is 0 Å². The first-order valence-electron chi connectivity index (χ1n) is 4.65. The third kappa shape index (κ3) is 2.33. The molecule has 1 aromatic carbocycles. The molecule has 2 N–H and O–H groups in total. The lowest BCUT2D eigenvalue weighted by Crippen LogP contribution is -2.29. The highest BCUT2D eigenvalue weighted by Gasteiger charge is 2.32. The van der Waals surface area contributed by atoms with E-state index in [9.17, 15) is 13.2 Å². The van der Waals surface area contributed by atoms with Gasteiger partial charge < -0.3 is 10.2 Å². The van der Waals surface area contributed by atoms with Crippen molar-refractivity contribution < 1.29 is 23.4 Å². The Labute approximate surface area is 93.3 Å². The Morgan fingerprint density at radius 1 is 1.31 bits per heavy atom. The number of aromatic hydroxyl groups is 1. The molecule has 0 spiro atoms. The summed E-state index contributed by atoms with van der Waals surface area (Å²) in [5, 5.41) is 16.4. The van der Waals surface area contributed by atoms with Crippen LogP contribution in [0.5, 0.6) is 5.75 Å². The maximum atomic E-state index is 11.9. The van der Waals surface area contributed by atoms with Gasteiger partial charge in [0.05, 0.1) is 4.90 Å². The maximum absolute atomic E-state index is 11.9. The molecule has 0 radical (unpaired) electrons. The molecule has 0 amide bonds. The number of phenolic OH excluding ortho intramolecular Hbond substituents is 1. The number of hydrogen-bond donors (Lipinski definition) is 2. The molecule has 0 aliphatic heterocycles. The molecule has 16 heavy (non-hydrogen) atoms. The third-order valence-corrected chi connectivity index (χ3v) is 4.40. The molecular weight excluding hydrogens is 232 g/mol. The molecule has 0 aliphatic rings. The Morgan fingerprint density at radius 3 is 2.19 bits per heavy atom. The summed E-state index contributed by atoms with van der Waals surface area (Å²) in [5.74, 6) is -1.43. The minimum absolute atomic E-state index is 0.00145. The van der Waals surface area contributed by atoms with Crippen molar-refractivity contribution in [2.75, 3.05) is 0 Å². The Balaban J connectivity index is 3.20. The van der Waals surface area contributed by atoms with Gasteiger partial charge in [0.2, 0.25) is 0 Å². The van der Waals surface area contributed by atoms with Gasteiger partial charge in [0.1, 0.15) is 5.75 Å². The van der Waals surface area contributed by atoms with Crippen molar-refractivity contribution in [1.82, 2.24) is 0 Å². The van der Waals surface area contributed by atoms with E-state index >= 15 is 0 Å². The number of carboxylic acids is 1. The van der Waals surface area contributed by atoms with Crippen LogP contribution in [0.1, 0.15) is 13.3 Å². The van der Waals surface area contributed by atoms with Crippen LogP contribution >= 0.6 is 0 Å². The number of phenols is 1. The minimum Gasteiger partial charge on any atom is -0.508 e. The van der Waals surface area contributed by atoms with Crippen LogP contribution in [0.3, 0.4) is 0 Å². The monoisotopic (exact) mass is 244 g/mol. The highest BCUT2D eigenvalue weighted by molar-refractivity contribution is 7.92. The number of carboxylic acid groups (broad SMARTS) is 1. The van der Waals surface area contributed by atoms with E-state index in [4.69, 9.17) is 10.2 Å². The predicted molar refractivity (Wildman–Crippen MR) is 57.0 cm³/mol. The van der Waals surface area contributed by atoms with Crippen molar-refractivity contribution in [3.63, 3.8) is 0 Å². The van der Waals surface area contributed by atoms with Crippen LogP contribution in [0.25, 0.3) is 0 Å². The molecule has 0 saturated heterocycles. The second-order valence-corrected chi connectivity index (χ2v) is 5.40.